The van der Waals surface area contributed by atoms with Gasteiger partial charge in [0.15, 0.2) is 0 Å². The lowest BCUT2D eigenvalue weighted by Gasteiger charge is -2.23. The fourth-order valence-corrected chi connectivity index (χ4v) is 2.93. The zero-order valence-electron chi connectivity index (χ0n) is 14.0. The van der Waals surface area contributed by atoms with E-state index in [1.165, 1.54) is 12.1 Å². The SMILES string of the molecule is CC(C)c1cc([C@@H]2CCCN2C(=O)NCc2ccc(F)cc2)no1. The molecule has 2 aromatic rings. The molecular formula is C18H22FN3O2. The Morgan fingerprint density at radius 3 is 2.83 bits per heavy atom. The van der Waals surface area contributed by atoms with Crippen molar-refractivity contribution in [2.24, 2.45) is 0 Å². The molecule has 1 N–H and O–H groups in total. The van der Waals surface area contributed by atoms with Gasteiger partial charge in [0.1, 0.15) is 17.3 Å². The third-order valence-corrected chi connectivity index (χ3v) is 4.33. The highest BCUT2D eigenvalue weighted by Gasteiger charge is 2.32. The lowest BCUT2D eigenvalue weighted by molar-refractivity contribution is 0.190. The summed E-state index contributed by atoms with van der Waals surface area (Å²) in [5, 5.41) is 7.04. The van der Waals surface area contributed by atoms with E-state index >= 15 is 0 Å². The Morgan fingerprint density at radius 2 is 2.17 bits per heavy atom. The normalized spacial score (nSPS) is 17.5. The van der Waals surface area contributed by atoms with Crippen LogP contribution < -0.4 is 5.32 Å². The molecule has 24 heavy (non-hydrogen) atoms. The molecular weight excluding hydrogens is 309 g/mol. The lowest BCUT2D eigenvalue weighted by Crippen LogP contribution is -2.39. The number of benzene rings is 1. The molecule has 0 bridgehead atoms. The minimum atomic E-state index is -0.281. The highest BCUT2D eigenvalue weighted by molar-refractivity contribution is 5.75. The van der Waals surface area contributed by atoms with Crippen molar-refractivity contribution in [2.75, 3.05) is 6.54 Å². The number of hydrogen-bond donors (Lipinski definition) is 1. The molecule has 0 unspecified atom stereocenters. The van der Waals surface area contributed by atoms with Crippen LogP contribution in [0.15, 0.2) is 34.9 Å². The minimum Gasteiger partial charge on any atom is -0.361 e. The van der Waals surface area contributed by atoms with Gasteiger partial charge in [-0.2, -0.15) is 0 Å². The topological polar surface area (TPSA) is 58.4 Å². The Balaban J connectivity index is 1.63. The summed E-state index contributed by atoms with van der Waals surface area (Å²) in [7, 11) is 0. The van der Waals surface area contributed by atoms with Crippen molar-refractivity contribution < 1.29 is 13.7 Å². The average Bonchev–Trinajstić information content (AvgIpc) is 3.22. The van der Waals surface area contributed by atoms with Crippen LogP contribution in [0, 0.1) is 5.82 Å². The highest BCUT2D eigenvalue weighted by Crippen LogP contribution is 2.32. The maximum absolute atomic E-state index is 12.9. The van der Waals surface area contributed by atoms with Gasteiger partial charge >= 0.3 is 6.03 Å². The smallest absolute Gasteiger partial charge is 0.318 e. The first-order valence-electron chi connectivity index (χ1n) is 8.30. The van der Waals surface area contributed by atoms with Crippen LogP contribution in [-0.2, 0) is 6.54 Å². The van der Waals surface area contributed by atoms with Gasteiger partial charge in [-0.15, -0.1) is 0 Å². The summed E-state index contributed by atoms with van der Waals surface area (Å²) in [5.41, 5.74) is 1.68. The van der Waals surface area contributed by atoms with Crippen LogP contribution in [0.2, 0.25) is 0 Å². The van der Waals surface area contributed by atoms with Crippen molar-refractivity contribution in [3.63, 3.8) is 0 Å². The maximum Gasteiger partial charge on any atom is 0.318 e. The van der Waals surface area contributed by atoms with Crippen molar-refractivity contribution in [1.29, 1.82) is 0 Å². The van der Waals surface area contributed by atoms with E-state index in [9.17, 15) is 9.18 Å². The van der Waals surface area contributed by atoms with Gasteiger partial charge in [0, 0.05) is 25.1 Å². The summed E-state index contributed by atoms with van der Waals surface area (Å²) in [4.78, 5) is 14.3. The van der Waals surface area contributed by atoms with E-state index in [-0.39, 0.29) is 23.8 Å². The number of likely N-dealkylation sites (tertiary alicyclic amines) is 1. The largest absolute Gasteiger partial charge is 0.361 e. The lowest BCUT2D eigenvalue weighted by atomic mass is 10.1. The molecule has 1 atom stereocenters. The van der Waals surface area contributed by atoms with Gasteiger partial charge in [0.25, 0.3) is 0 Å². The average molecular weight is 331 g/mol. The number of nitrogens with one attached hydrogen (secondary N) is 1. The zero-order chi connectivity index (χ0) is 17.1. The molecule has 128 valence electrons. The van der Waals surface area contributed by atoms with E-state index in [0.29, 0.717) is 13.1 Å². The molecule has 5 nitrogen and oxygen atoms in total. The summed E-state index contributed by atoms with van der Waals surface area (Å²) < 4.78 is 18.3. The van der Waals surface area contributed by atoms with Crippen LogP contribution in [0.25, 0.3) is 0 Å². The molecule has 0 spiro atoms. The quantitative estimate of drug-likeness (QED) is 0.922. The van der Waals surface area contributed by atoms with Gasteiger partial charge in [-0.3, -0.25) is 0 Å². The molecule has 1 aromatic heterocycles. The van der Waals surface area contributed by atoms with E-state index in [2.05, 4.69) is 10.5 Å². The Kier molecular flexibility index (Phi) is 4.83. The molecule has 3 rings (SSSR count). The predicted molar refractivity (Wildman–Crippen MR) is 87.9 cm³/mol. The molecule has 0 saturated carbocycles. The van der Waals surface area contributed by atoms with E-state index in [0.717, 1.165) is 29.9 Å². The number of halogens is 1. The van der Waals surface area contributed by atoms with Crippen LogP contribution in [0.1, 0.15) is 55.7 Å². The van der Waals surface area contributed by atoms with Crippen LogP contribution in [-0.4, -0.2) is 22.6 Å². The number of aromatic nitrogens is 1. The number of rotatable bonds is 4. The second-order valence-corrected chi connectivity index (χ2v) is 6.45. The van der Waals surface area contributed by atoms with E-state index in [1.807, 2.05) is 19.9 Å². The Bertz CT molecular complexity index is 697. The first-order valence-corrected chi connectivity index (χ1v) is 8.30. The standard InChI is InChI=1S/C18H22FN3O2/c1-12(2)17-10-15(21-24-17)16-4-3-9-22(16)18(23)20-11-13-5-7-14(19)8-6-13/h5-8,10,12,16H,3-4,9,11H2,1-2H3,(H,20,23)/t16-/m0/s1. The van der Waals surface area contributed by atoms with Crippen molar-refractivity contribution >= 4 is 6.03 Å². The summed E-state index contributed by atoms with van der Waals surface area (Å²) in [6.45, 7) is 5.17. The van der Waals surface area contributed by atoms with Gasteiger partial charge in [-0.1, -0.05) is 31.1 Å². The van der Waals surface area contributed by atoms with Crippen molar-refractivity contribution in [1.82, 2.24) is 15.4 Å². The first kappa shape index (κ1) is 16.5. The molecule has 0 aliphatic carbocycles. The third-order valence-electron chi connectivity index (χ3n) is 4.33. The monoisotopic (exact) mass is 331 g/mol. The number of hydrogen-bond acceptors (Lipinski definition) is 3. The van der Waals surface area contributed by atoms with Crippen molar-refractivity contribution in [2.45, 2.75) is 45.2 Å². The number of amides is 2. The van der Waals surface area contributed by atoms with Gasteiger partial charge in [-0.25, -0.2) is 9.18 Å². The van der Waals surface area contributed by atoms with E-state index in [4.69, 9.17) is 4.52 Å². The van der Waals surface area contributed by atoms with E-state index < -0.39 is 0 Å². The van der Waals surface area contributed by atoms with Gasteiger partial charge in [0.05, 0.1) is 6.04 Å². The molecule has 2 amide bonds. The minimum absolute atomic E-state index is 0.0468. The molecule has 1 aliphatic rings. The second kappa shape index (κ2) is 7.03. The summed E-state index contributed by atoms with van der Waals surface area (Å²) in [5.74, 6) is 0.827. The molecule has 6 heteroatoms. The Morgan fingerprint density at radius 1 is 1.42 bits per heavy atom. The van der Waals surface area contributed by atoms with Gasteiger partial charge < -0.3 is 14.7 Å². The second-order valence-electron chi connectivity index (χ2n) is 6.45. The zero-order valence-corrected chi connectivity index (χ0v) is 14.0. The van der Waals surface area contributed by atoms with Crippen LogP contribution >= 0.6 is 0 Å². The van der Waals surface area contributed by atoms with Crippen LogP contribution in [0.5, 0.6) is 0 Å². The van der Waals surface area contributed by atoms with Gasteiger partial charge in [0.2, 0.25) is 0 Å². The molecule has 2 heterocycles. The van der Waals surface area contributed by atoms with Crippen molar-refractivity contribution in [3.05, 3.63) is 53.2 Å². The van der Waals surface area contributed by atoms with Crippen LogP contribution in [0.3, 0.4) is 0 Å². The van der Waals surface area contributed by atoms with Gasteiger partial charge in [-0.05, 0) is 30.5 Å². The highest BCUT2D eigenvalue weighted by atomic mass is 19.1. The molecule has 1 aliphatic heterocycles. The number of carbonyl (C=O) groups excluding carboxylic acids is 1. The Hall–Kier alpha value is -2.37. The summed E-state index contributed by atoms with van der Waals surface area (Å²) in [6, 6.07) is 7.89. The molecule has 1 aromatic carbocycles. The van der Waals surface area contributed by atoms with Crippen molar-refractivity contribution in [3.8, 4) is 0 Å². The molecule has 1 saturated heterocycles. The van der Waals surface area contributed by atoms with Crippen LogP contribution in [0.4, 0.5) is 9.18 Å². The third kappa shape index (κ3) is 3.58. The number of carbonyl (C=O) groups is 1. The number of nitrogens with zero attached hydrogens (tertiary/aromatic N) is 2. The number of urea groups is 1. The molecule has 1 fully saturated rings. The molecule has 0 radical (unpaired) electrons. The van der Waals surface area contributed by atoms with E-state index in [1.54, 1.807) is 17.0 Å². The summed E-state index contributed by atoms with van der Waals surface area (Å²) in [6.07, 6.45) is 1.83. The first-order chi connectivity index (χ1) is 11.5. The maximum atomic E-state index is 12.9. The summed E-state index contributed by atoms with van der Waals surface area (Å²) >= 11 is 0. The fourth-order valence-electron chi connectivity index (χ4n) is 2.93. The Labute approximate surface area is 140 Å². The predicted octanol–water partition coefficient (Wildman–Crippen LogP) is 3.98. The fraction of sp³-hybridized carbons (Fsp3) is 0.444.